The van der Waals surface area contributed by atoms with E-state index < -0.39 is 10.1 Å². The van der Waals surface area contributed by atoms with Crippen LogP contribution in [0.3, 0.4) is 0 Å². The van der Waals surface area contributed by atoms with Crippen molar-refractivity contribution >= 4 is 16.1 Å². The topological polar surface area (TPSA) is 92.7 Å². The van der Waals surface area contributed by atoms with Crippen LogP contribution in [0.1, 0.15) is 31.4 Å². The molecular weight excluding hydrogens is 378 g/mol. The van der Waals surface area contributed by atoms with Crippen molar-refractivity contribution in [2.24, 2.45) is 5.92 Å². The van der Waals surface area contributed by atoms with Crippen LogP contribution in [0.5, 0.6) is 0 Å². The van der Waals surface area contributed by atoms with Crippen molar-refractivity contribution in [3.8, 4) is 0 Å². The van der Waals surface area contributed by atoms with E-state index in [1.54, 1.807) is 19.2 Å². The third-order valence-electron chi connectivity index (χ3n) is 3.88. The quantitative estimate of drug-likeness (QED) is 0.538. The summed E-state index contributed by atoms with van der Waals surface area (Å²) in [4.78, 5) is 11.7. The number of ether oxygens (including phenoxy) is 1. The van der Waals surface area contributed by atoms with Crippen molar-refractivity contribution in [2.45, 2.75) is 44.7 Å². The highest BCUT2D eigenvalue weighted by Gasteiger charge is 2.19. The predicted octanol–water partition coefficient (Wildman–Crippen LogP) is 3.61. The Morgan fingerprint density at radius 3 is 2.11 bits per heavy atom. The average molecular weight is 408 g/mol. The number of hydrogen-bond donors (Lipinski definition) is 2. The lowest BCUT2D eigenvalue weighted by molar-refractivity contribution is -0.147. The standard InChI is InChI=1S/C14H21NO2.C7H8O3S/c1-11(2)9-13(15-3)14(16)17-10-12-7-5-4-6-8-12;1-6-2-4-7(5-3-6)11(8,9)10/h4-8,11,13,15H,9-10H2,1-3H3;2-5H,1H3,(H,8,9,10). The van der Waals surface area contributed by atoms with E-state index in [0.717, 1.165) is 17.5 Å². The molecule has 7 heteroatoms. The first-order chi connectivity index (χ1) is 13.1. The number of benzene rings is 2. The van der Waals surface area contributed by atoms with Crippen LogP contribution in [0.2, 0.25) is 0 Å². The number of nitrogens with one attached hydrogen (secondary N) is 1. The van der Waals surface area contributed by atoms with Crippen LogP contribution in [-0.2, 0) is 26.3 Å². The molecule has 2 aromatic rings. The average Bonchev–Trinajstić information content (AvgIpc) is 2.65. The van der Waals surface area contributed by atoms with Gasteiger partial charge in [0.1, 0.15) is 12.6 Å². The zero-order valence-electron chi connectivity index (χ0n) is 16.8. The molecule has 0 saturated heterocycles. The molecule has 0 aliphatic carbocycles. The Bertz CT molecular complexity index is 818. The van der Waals surface area contributed by atoms with Crippen LogP contribution in [0.15, 0.2) is 59.5 Å². The van der Waals surface area contributed by atoms with E-state index >= 15 is 0 Å². The number of likely N-dealkylation sites (N-methyl/N-ethyl adjacent to an activating group) is 1. The maximum Gasteiger partial charge on any atom is 0.323 e. The van der Waals surface area contributed by atoms with Gasteiger partial charge in [-0.15, -0.1) is 0 Å². The molecule has 2 aromatic carbocycles. The Morgan fingerprint density at radius 2 is 1.64 bits per heavy atom. The second-order valence-corrected chi connectivity index (χ2v) is 8.27. The van der Waals surface area contributed by atoms with Crippen LogP contribution in [0.4, 0.5) is 0 Å². The molecule has 0 aliphatic rings. The molecule has 0 spiro atoms. The molecule has 0 aliphatic heterocycles. The predicted molar refractivity (Wildman–Crippen MR) is 110 cm³/mol. The molecule has 154 valence electrons. The van der Waals surface area contributed by atoms with Crippen LogP contribution in [0, 0.1) is 12.8 Å². The molecule has 2 N–H and O–H groups in total. The summed E-state index contributed by atoms with van der Waals surface area (Å²) in [5, 5.41) is 2.99. The Balaban J connectivity index is 0.000000307. The summed E-state index contributed by atoms with van der Waals surface area (Å²) in [7, 11) is -2.23. The van der Waals surface area contributed by atoms with Crippen molar-refractivity contribution in [3.63, 3.8) is 0 Å². The highest BCUT2D eigenvalue weighted by atomic mass is 32.2. The first kappa shape index (κ1) is 23.8. The zero-order valence-corrected chi connectivity index (χ0v) is 17.6. The van der Waals surface area contributed by atoms with Gasteiger partial charge in [0.05, 0.1) is 4.90 Å². The molecule has 1 unspecified atom stereocenters. The smallest absolute Gasteiger partial charge is 0.323 e. The summed E-state index contributed by atoms with van der Waals surface area (Å²) in [6.07, 6.45) is 0.796. The zero-order chi connectivity index (χ0) is 21.2. The van der Waals surface area contributed by atoms with Gasteiger partial charge in [-0.05, 0) is 44.0 Å². The van der Waals surface area contributed by atoms with Crippen molar-refractivity contribution < 1.29 is 22.5 Å². The number of carbonyl (C=O) groups is 1. The lowest BCUT2D eigenvalue weighted by Gasteiger charge is -2.17. The van der Waals surface area contributed by atoms with Gasteiger partial charge in [0, 0.05) is 0 Å². The van der Waals surface area contributed by atoms with Gasteiger partial charge in [0.25, 0.3) is 10.1 Å². The summed E-state index contributed by atoms with van der Waals surface area (Å²) < 4.78 is 34.8. The molecule has 0 radical (unpaired) electrons. The van der Waals surface area contributed by atoms with Gasteiger partial charge < -0.3 is 10.1 Å². The molecule has 0 heterocycles. The Morgan fingerprint density at radius 1 is 1.07 bits per heavy atom. The van der Waals surface area contributed by atoms with Crippen molar-refractivity contribution in [1.82, 2.24) is 5.32 Å². The highest BCUT2D eigenvalue weighted by Crippen LogP contribution is 2.09. The largest absolute Gasteiger partial charge is 0.460 e. The molecule has 0 bridgehead atoms. The van der Waals surface area contributed by atoms with E-state index in [-0.39, 0.29) is 16.9 Å². The normalized spacial score (nSPS) is 12.1. The molecule has 2 rings (SSSR count). The number of esters is 1. The molecular formula is C21H29NO5S. The van der Waals surface area contributed by atoms with Crippen molar-refractivity contribution in [3.05, 3.63) is 65.7 Å². The lowest BCUT2D eigenvalue weighted by Crippen LogP contribution is -2.36. The van der Waals surface area contributed by atoms with Crippen LogP contribution in [-0.4, -0.2) is 32.0 Å². The Hall–Kier alpha value is -2.22. The molecule has 0 saturated carbocycles. The van der Waals surface area contributed by atoms with Gasteiger partial charge in [-0.2, -0.15) is 8.42 Å². The summed E-state index contributed by atoms with van der Waals surface area (Å²) >= 11 is 0. The summed E-state index contributed by atoms with van der Waals surface area (Å²) in [6, 6.07) is 15.5. The minimum atomic E-state index is -4.02. The van der Waals surface area contributed by atoms with E-state index in [9.17, 15) is 13.2 Å². The van der Waals surface area contributed by atoms with Gasteiger partial charge in [0.15, 0.2) is 0 Å². The SMILES string of the molecule is CNC(CC(C)C)C(=O)OCc1ccccc1.Cc1ccc(S(=O)(=O)O)cc1. The van der Waals surface area contributed by atoms with Gasteiger partial charge in [-0.1, -0.05) is 61.9 Å². The highest BCUT2D eigenvalue weighted by molar-refractivity contribution is 7.85. The van der Waals surface area contributed by atoms with Crippen molar-refractivity contribution in [2.75, 3.05) is 7.05 Å². The van der Waals surface area contributed by atoms with Gasteiger partial charge in [-0.3, -0.25) is 9.35 Å². The Kier molecular flexibility index (Phi) is 9.85. The molecule has 0 fully saturated rings. The molecule has 0 amide bonds. The van der Waals surface area contributed by atoms with Gasteiger partial charge >= 0.3 is 5.97 Å². The fourth-order valence-electron chi connectivity index (χ4n) is 2.34. The van der Waals surface area contributed by atoms with E-state index in [1.807, 2.05) is 37.3 Å². The van der Waals surface area contributed by atoms with Crippen molar-refractivity contribution in [1.29, 1.82) is 0 Å². The third kappa shape index (κ3) is 9.12. The fourth-order valence-corrected chi connectivity index (χ4v) is 2.82. The van der Waals surface area contributed by atoms with Gasteiger partial charge in [-0.25, -0.2) is 0 Å². The monoisotopic (exact) mass is 407 g/mol. The molecule has 1 atom stereocenters. The number of carbonyl (C=O) groups excluding carboxylic acids is 1. The fraction of sp³-hybridized carbons (Fsp3) is 0.381. The third-order valence-corrected chi connectivity index (χ3v) is 4.75. The van der Waals surface area contributed by atoms with Crippen LogP contribution >= 0.6 is 0 Å². The number of hydrogen-bond acceptors (Lipinski definition) is 5. The van der Waals surface area contributed by atoms with E-state index in [1.165, 1.54) is 12.1 Å². The number of rotatable bonds is 7. The summed E-state index contributed by atoms with van der Waals surface area (Å²) in [6.45, 7) is 6.37. The lowest BCUT2D eigenvalue weighted by atomic mass is 10.0. The Labute approximate surface area is 167 Å². The second kappa shape index (κ2) is 11.6. The summed E-state index contributed by atoms with van der Waals surface area (Å²) in [5.41, 5.74) is 1.97. The van der Waals surface area contributed by atoms with Gasteiger partial charge in [0.2, 0.25) is 0 Å². The van der Waals surface area contributed by atoms with E-state index in [4.69, 9.17) is 9.29 Å². The number of aryl methyl sites for hydroxylation is 1. The minimum Gasteiger partial charge on any atom is -0.460 e. The van der Waals surface area contributed by atoms with Crippen LogP contribution < -0.4 is 5.32 Å². The maximum absolute atomic E-state index is 11.8. The first-order valence-corrected chi connectivity index (χ1v) is 10.5. The van der Waals surface area contributed by atoms with E-state index in [0.29, 0.717) is 12.5 Å². The molecule has 6 nitrogen and oxygen atoms in total. The minimum absolute atomic E-state index is 0.0666. The molecule has 0 aromatic heterocycles. The maximum atomic E-state index is 11.8. The van der Waals surface area contributed by atoms with Crippen LogP contribution in [0.25, 0.3) is 0 Å². The second-order valence-electron chi connectivity index (χ2n) is 6.85. The molecule has 28 heavy (non-hydrogen) atoms. The first-order valence-electron chi connectivity index (χ1n) is 9.05. The van der Waals surface area contributed by atoms with E-state index in [2.05, 4.69) is 19.2 Å². The summed E-state index contributed by atoms with van der Waals surface area (Å²) in [5.74, 6) is 0.293.